The fraction of sp³-hybridized carbons (Fsp3) is 0.556. The second kappa shape index (κ2) is 10.6. The topological polar surface area (TPSA) is 0 Å². The Labute approximate surface area is 245 Å². The van der Waals surface area contributed by atoms with Crippen LogP contribution in [-0.4, -0.2) is 0 Å². The third-order valence-corrected chi connectivity index (χ3v) is 11.3. The number of aryl methyl sites for hydroxylation is 1. The van der Waals surface area contributed by atoms with Gasteiger partial charge in [0.2, 0.25) is 0 Å². The number of halogens is 6. The van der Waals surface area contributed by atoms with Crippen LogP contribution in [0.2, 0.25) is 0 Å². The van der Waals surface area contributed by atoms with Gasteiger partial charge in [0.15, 0.2) is 11.6 Å². The molecule has 2 saturated carbocycles. The zero-order chi connectivity index (χ0) is 30.1. The van der Waals surface area contributed by atoms with Gasteiger partial charge in [-0.2, -0.15) is 0 Å². The van der Waals surface area contributed by atoms with Crippen LogP contribution in [0.25, 0.3) is 11.1 Å². The average Bonchev–Trinajstić information content (AvgIpc) is 3.40. The van der Waals surface area contributed by atoms with E-state index >= 15 is 26.3 Å². The Morgan fingerprint density at radius 3 is 1.71 bits per heavy atom. The molecule has 2 fully saturated rings. The summed E-state index contributed by atoms with van der Waals surface area (Å²) in [6.45, 7) is 10.8. The van der Waals surface area contributed by atoms with Gasteiger partial charge >= 0.3 is 0 Å². The zero-order valence-corrected chi connectivity index (χ0v) is 24.5. The van der Waals surface area contributed by atoms with E-state index in [1.165, 1.54) is 6.92 Å². The van der Waals surface area contributed by atoms with E-state index in [0.29, 0.717) is 42.7 Å². The Morgan fingerprint density at radius 1 is 0.690 bits per heavy atom. The second-order valence-electron chi connectivity index (χ2n) is 13.5. The van der Waals surface area contributed by atoms with Crippen LogP contribution in [0.4, 0.5) is 26.3 Å². The zero-order valence-electron chi connectivity index (χ0n) is 24.5. The van der Waals surface area contributed by atoms with E-state index in [2.05, 4.69) is 13.2 Å². The first-order chi connectivity index (χ1) is 19.9. The molecule has 0 aliphatic heterocycles. The molecule has 0 aromatic heterocycles. The van der Waals surface area contributed by atoms with Gasteiger partial charge in [-0.3, -0.25) is 0 Å². The minimum absolute atomic E-state index is 0.00536. The maximum Gasteiger partial charge on any atom is 0.279 e. The third kappa shape index (κ3) is 4.49. The highest BCUT2D eigenvalue weighted by Gasteiger charge is 2.57. The van der Waals surface area contributed by atoms with E-state index < -0.39 is 40.9 Å². The monoisotopic (exact) mass is 586 g/mol. The van der Waals surface area contributed by atoms with E-state index in [9.17, 15) is 0 Å². The van der Waals surface area contributed by atoms with Crippen LogP contribution < -0.4 is 0 Å². The highest BCUT2D eigenvalue weighted by molar-refractivity contribution is 5.79. The van der Waals surface area contributed by atoms with Crippen molar-refractivity contribution in [1.82, 2.24) is 0 Å². The molecule has 0 nitrogen and oxygen atoms in total. The predicted molar refractivity (Wildman–Crippen MR) is 155 cm³/mol. The van der Waals surface area contributed by atoms with E-state index in [-0.39, 0.29) is 58.4 Å². The molecule has 4 aliphatic carbocycles. The van der Waals surface area contributed by atoms with Crippen LogP contribution in [0.15, 0.2) is 37.4 Å². The lowest BCUT2D eigenvalue weighted by molar-refractivity contribution is -0.0835. The van der Waals surface area contributed by atoms with Crippen LogP contribution in [0.1, 0.15) is 84.7 Å². The first-order valence-corrected chi connectivity index (χ1v) is 15.6. The smallest absolute Gasteiger partial charge is 0.203 e. The van der Waals surface area contributed by atoms with Gasteiger partial charge in [0.1, 0.15) is 0 Å². The maximum atomic E-state index is 16.6. The van der Waals surface area contributed by atoms with Crippen LogP contribution in [-0.2, 0) is 24.7 Å². The molecule has 0 saturated heterocycles. The molecule has 0 amide bonds. The van der Waals surface area contributed by atoms with Gasteiger partial charge in [-0.25, -0.2) is 26.3 Å². The summed E-state index contributed by atoms with van der Waals surface area (Å²) < 4.78 is 96.3. The Kier molecular flexibility index (Phi) is 7.46. The highest BCUT2D eigenvalue weighted by atomic mass is 19.3. The summed E-state index contributed by atoms with van der Waals surface area (Å²) in [4.78, 5) is 0. The summed E-state index contributed by atoms with van der Waals surface area (Å²) in [7, 11) is 0. The van der Waals surface area contributed by atoms with Crippen molar-refractivity contribution in [3.05, 3.63) is 82.5 Å². The molecule has 2 atom stereocenters. The summed E-state index contributed by atoms with van der Waals surface area (Å²) in [6, 6.07) is 3.33. The normalized spacial score (nSPS) is 31.4. The van der Waals surface area contributed by atoms with Crippen molar-refractivity contribution in [3.63, 3.8) is 0 Å². The van der Waals surface area contributed by atoms with Gasteiger partial charge in [0, 0.05) is 17.4 Å². The lowest BCUT2D eigenvalue weighted by Gasteiger charge is -2.34. The maximum absolute atomic E-state index is 16.6. The molecule has 42 heavy (non-hydrogen) atoms. The summed E-state index contributed by atoms with van der Waals surface area (Å²) in [5, 5.41) is 0. The molecule has 0 heterocycles. The number of allylic oxidation sites excluding steroid dienone is 2. The lowest BCUT2D eigenvalue weighted by Crippen LogP contribution is -2.31. The number of rotatable bonds is 5. The Morgan fingerprint density at radius 2 is 1.19 bits per heavy atom. The SMILES string of the molecule is C=CC1CCC(C2Cc3cc(C)cc(-c4c(C)c(F)c(F)c5c4CC(C4CCC(C=C)CC4)C5(F)F)c3C2(F)F)CC1. The van der Waals surface area contributed by atoms with Gasteiger partial charge in [-0.15, -0.1) is 13.2 Å². The van der Waals surface area contributed by atoms with Gasteiger partial charge in [-0.05, 0) is 130 Å². The van der Waals surface area contributed by atoms with Crippen molar-refractivity contribution in [2.45, 2.75) is 89.9 Å². The first kappa shape index (κ1) is 29.6. The van der Waals surface area contributed by atoms with Crippen LogP contribution >= 0.6 is 0 Å². The molecule has 2 aromatic rings. The highest BCUT2D eigenvalue weighted by Crippen LogP contribution is 2.59. The summed E-state index contributed by atoms with van der Waals surface area (Å²) in [5.41, 5.74) is 0.0664. The van der Waals surface area contributed by atoms with Crippen LogP contribution in [0.3, 0.4) is 0 Å². The second-order valence-corrected chi connectivity index (χ2v) is 13.5. The Bertz CT molecular complexity index is 1400. The quantitative estimate of drug-likeness (QED) is 0.242. The molecule has 0 radical (unpaired) electrons. The Hall–Kier alpha value is -2.50. The predicted octanol–water partition coefficient (Wildman–Crippen LogP) is 10.8. The van der Waals surface area contributed by atoms with E-state index in [0.717, 1.165) is 25.7 Å². The molecule has 6 rings (SSSR count). The van der Waals surface area contributed by atoms with Crippen molar-refractivity contribution in [2.75, 3.05) is 0 Å². The van der Waals surface area contributed by atoms with Gasteiger partial charge < -0.3 is 0 Å². The van der Waals surface area contributed by atoms with Gasteiger partial charge in [0.05, 0.1) is 5.56 Å². The van der Waals surface area contributed by atoms with Gasteiger partial charge in [-0.1, -0.05) is 29.8 Å². The number of benzene rings is 2. The lowest BCUT2D eigenvalue weighted by atomic mass is 9.73. The first-order valence-electron chi connectivity index (χ1n) is 15.6. The molecular weight excluding hydrogens is 546 g/mol. The number of hydrogen-bond donors (Lipinski definition) is 0. The average molecular weight is 587 g/mol. The summed E-state index contributed by atoms with van der Waals surface area (Å²) in [5.74, 6) is -11.7. The number of fused-ring (bicyclic) bond motifs is 2. The minimum Gasteiger partial charge on any atom is -0.203 e. The van der Waals surface area contributed by atoms with E-state index in [4.69, 9.17) is 0 Å². The van der Waals surface area contributed by atoms with E-state index in [1.54, 1.807) is 19.1 Å². The summed E-state index contributed by atoms with van der Waals surface area (Å²) >= 11 is 0. The van der Waals surface area contributed by atoms with Crippen molar-refractivity contribution < 1.29 is 26.3 Å². The van der Waals surface area contributed by atoms with Crippen LogP contribution in [0, 0.1) is 61.0 Å². The number of alkyl halides is 4. The fourth-order valence-corrected chi connectivity index (χ4v) is 8.97. The standard InChI is InChI=1S/C36H40F6/c1-5-21-7-11-23(12-8-21)28-17-25-15-19(3)16-26(31(25)35(28,39)40)30-20(4)33(37)34(38)32-27(30)18-29(36(32,41)42)24-13-9-22(6-2)10-14-24/h5-6,15-16,21-24,28-29H,1-2,7-14,17-18H2,3-4H3. The third-order valence-electron chi connectivity index (χ3n) is 11.3. The summed E-state index contributed by atoms with van der Waals surface area (Å²) in [6.07, 6.45) is 9.37. The minimum atomic E-state index is -3.59. The number of hydrogen-bond acceptors (Lipinski definition) is 0. The molecule has 0 spiro atoms. The largest absolute Gasteiger partial charge is 0.279 e. The molecule has 226 valence electrons. The molecule has 2 unspecified atom stereocenters. The Balaban J connectivity index is 1.46. The van der Waals surface area contributed by atoms with E-state index in [1.807, 2.05) is 12.2 Å². The molecule has 0 bridgehead atoms. The molecular formula is C36H40F6. The molecule has 6 heteroatoms. The molecule has 4 aliphatic rings. The molecule has 2 aromatic carbocycles. The van der Waals surface area contributed by atoms with Crippen molar-refractivity contribution in [2.24, 2.45) is 35.5 Å². The van der Waals surface area contributed by atoms with Crippen molar-refractivity contribution in [3.8, 4) is 11.1 Å². The van der Waals surface area contributed by atoms with Crippen molar-refractivity contribution in [1.29, 1.82) is 0 Å². The van der Waals surface area contributed by atoms with Gasteiger partial charge in [0.25, 0.3) is 11.8 Å². The fourth-order valence-electron chi connectivity index (χ4n) is 8.97. The molecule has 0 N–H and O–H groups in total. The van der Waals surface area contributed by atoms with Crippen molar-refractivity contribution >= 4 is 0 Å². The van der Waals surface area contributed by atoms with Crippen LogP contribution in [0.5, 0.6) is 0 Å².